The van der Waals surface area contributed by atoms with Crippen LogP contribution in [0, 0.1) is 10.1 Å². The number of hydrogen-bond acceptors (Lipinski definition) is 6. The molecule has 0 aliphatic carbocycles. The van der Waals surface area contributed by atoms with E-state index in [0.29, 0.717) is 38.3 Å². The number of rotatable bonds is 6. The molecule has 1 saturated heterocycles. The monoisotopic (exact) mass is 385 g/mol. The van der Waals surface area contributed by atoms with Crippen LogP contribution in [0.3, 0.4) is 0 Å². The van der Waals surface area contributed by atoms with E-state index in [9.17, 15) is 14.9 Å². The summed E-state index contributed by atoms with van der Waals surface area (Å²) in [5, 5.41) is 11.3. The van der Waals surface area contributed by atoms with Gasteiger partial charge in [0.05, 0.1) is 24.3 Å². The van der Waals surface area contributed by atoms with Gasteiger partial charge in [-0.05, 0) is 31.2 Å². The average molecular weight is 385 g/mol. The first-order valence-corrected chi connectivity index (χ1v) is 9.13. The number of nitro groups is 1. The molecule has 2 aromatic carbocycles. The minimum Gasteiger partial charge on any atom is -0.495 e. The van der Waals surface area contributed by atoms with E-state index in [1.807, 2.05) is 24.3 Å². The normalized spacial score (nSPS) is 13.9. The van der Waals surface area contributed by atoms with Gasteiger partial charge in [-0.1, -0.05) is 12.1 Å². The van der Waals surface area contributed by atoms with Crippen molar-refractivity contribution in [2.45, 2.75) is 6.92 Å². The summed E-state index contributed by atoms with van der Waals surface area (Å²) in [4.78, 5) is 27.5. The van der Waals surface area contributed by atoms with E-state index in [0.717, 1.165) is 11.4 Å². The van der Waals surface area contributed by atoms with Gasteiger partial charge in [-0.3, -0.25) is 14.9 Å². The molecule has 0 spiro atoms. The Balaban J connectivity index is 1.71. The molecule has 8 heteroatoms. The van der Waals surface area contributed by atoms with Crippen molar-refractivity contribution in [3.05, 3.63) is 58.1 Å². The van der Waals surface area contributed by atoms with E-state index >= 15 is 0 Å². The Morgan fingerprint density at radius 1 is 1.11 bits per heavy atom. The van der Waals surface area contributed by atoms with Crippen molar-refractivity contribution in [2.24, 2.45) is 0 Å². The molecule has 1 heterocycles. The Hall–Kier alpha value is -3.29. The van der Waals surface area contributed by atoms with Gasteiger partial charge < -0.3 is 19.3 Å². The number of carbonyl (C=O) groups is 1. The van der Waals surface area contributed by atoms with Gasteiger partial charge in [-0.25, -0.2) is 0 Å². The first-order chi connectivity index (χ1) is 13.5. The number of nitro benzene ring substituents is 1. The molecule has 0 aromatic heterocycles. The number of anilines is 1. The van der Waals surface area contributed by atoms with Crippen molar-refractivity contribution in [1.29, 1.82) is 0 Å². The van der Waals surface area contributed by atoms with Crippen LogP contribution in [0.15, 0.2) is 42.5 Å². The van der Waals surface area contributed by atoms with Crippen LogP contribution in [-0.2, 0) is 0 Å². The summed E-state index contributed by atoms with van der Waals surface area (Å²) in [5.41, 5.74) is 1.09. The fourth-order valence-corrected chi connectivity index (χ4v) is 3.29. The van der Waals surface area contributed by atoms with Crippen LogP contribution < -0.4 is 14.4 Å². The second-order valence-electron chi connectivity index (χ2n) is 6.32. The fraction of sp³-hybridized carbons (Fsp3) is 0.350. The van der Waals surface area contributed by atoms with Gasteiger partial charge >= 0.3 is 5.69 Å². The molecule has 1 amide bonds. The molecule has 8 nitrogen and oxygen atoms in total. The highest BCUT2D eigenvalue weighted by Gasteiger charge is 2.26. The van der Waals surface area contributed by atoms with Gasteiger partial charge in [-0.15, -0.1) is 0 Å². The summed E-state index contributed by atoms with van der Waals surface area (Å²) >= 11 is 0. The second kappa shape index (κ2) is 8.60. The van der Waals surface area contributed by atoms with E-state index in [4.69, 9.17) is 9.47 Å². The number of para-hydroxylation sites is 2. The van der Waals surface area contributed by atoms with Crippen molar-refractivity contribution in [3.63, 3.8) is 0 Å². The van der Waals surface area contributed by atoms with E-state index in [1.165, 1.54) is 12.1 Å². The SMILES string of the molecule is CCOc1ccc(C(=O)N2CCN(c3ccccc3OC)CC2)cc1[N+](=O)[O-]. The molecule has 28 heavy (non-hydrogen) atoms. The average Bonchev–Trinajstić information content (AvgIpc) is 2.73. The Morgan fingerprint density at radius 2 is 1.82 bits per heavy atom. The fourth-order valence-electron chi connectivity index (χ4n) is 3.29. The van der Waals surface area contributed by atoms with Crippen LogP contribution in [0.5, 0.6) is 11.5 Å². The van der Waals surface area contributed by atoms with E-state index in [2.05, 4.69) is 4.90 Å². The van der Waals surface area contributed by atoms with Crippen LogP contribution in [-0.4, -0.2) is 55.6 Å². The quantitative estimate of drug-likeness (QED) is 0.561. The Bertz CT molecular complexity index is 863. The number of amides is 1. The second-order valence-corrected chi connectivity index (χ2v) is 6.32. The van der Waals surface area contributed by atoms with E-state index in [-0.39, 0.29) is 17.3 Å². The number of piperazine rings is 1. The molecule has 1 aliphatic rings. The highest BCUT2D eigenvalue weighted by molar-refractivity contribution is 5.95. The first kappa shape index (κ1) is 19.5. The van der Waals surface area contributed by atoms with Gasteiger partial charge in [0.1, 0.15) is 5.75 Å². The van der Waals surface area contributed by atoms with E-state index in [1.54, 1.807) is 25.0 Å². The zero-order valence-electron chi connectivity index (χ0n) is 16.0. The maximum absolute atomic E-state index is 12.8. The molecule has 2 aromatic rings. The van der Waals surface area contributed by atoms with Crippen molar-refractivity contribution in [3.8, 4) is 11.5 Å². The van der Waals surface area contributed by atoms with E-state index < -0.39 is 4.92 Å². The number of methoxy groups -OCH3 is 1. The minimum absolute atomic E-state index is 0.171. The topological polar surface area (TPSA) is 85.2 Å². The summed E-state index contributed by atoms with van der Waals surface area (Å²) in [5.74, 6) is 0.750. The zero-order chi connectivity index (χ0) is 20.1. The van der Waals surface area contributed by atoms with Gasteiger partial charge in [0.2, 0.25) is 0 Å². The van der Waals surface area contributed by atoms with Crippen LogP contribution in [0.4, 0.5) is 11.4 Å². The predicted molar refractivity (Wildman–Crippen MR) is 105 cm³/mol. The Kier molecular flexibility index (Phi) is 5.98. The summed E-state index contributed by atoms with van der Waals surface area (Å²) in [6, 6.07) is 12.1. The summed E-state index contributed by atoms with van der Waals surface area (Å²) in [7, 11) is 1.64. The molecule has 1 aliphatic heterocycles. The predicted octanol–water partition coefficient (Wildman–Crippen LogP) is 2.96. The van der Waals surface area contributed by atoms with Crippen LogP contribution >= 0.6 is 0 Å². The Morgan fingerprint density at radius 3 is 2.46 bits per heavy atom. The van der Waals surface area contributed by atoms with Crippen LogP contribution in [0.2, 0.25) is 0 Å². The molecular weight excluding hydrogens is 362 g/mol. The largest absolute Gasteiger partial charge is 0.495 e. The number of ether oxygens (including phenoxy) is 2. The van der Waals surface area contributed by atoms with Crippen molar-refractivity contribution in [2.75, 3.05) is 44.8 Å². The van der Waals surface area contributed by atoms with Gasteiger partial charge in [0, 0.05) is 37.8 Å². The highest BCUT2D eigenvalue weighted by Crippen LogP contribution is 2.30. The maximum atomic E-state index is 12.8. The smallest absolute Gasteiger partial charge is 0.311 e. The third-order valence-corrected chi connectivity index (χ3v) is 4.70. The lowest BCUT2D eigenvalue weighted by Crippen LogP contribution is -2.48. The molecule has 0 radical (unpaired) electrons. The summed E-state index contributed by atoms with van der Waals surface area (Å²) in [6.07, 6.45) is 0. The van der Waals surface area contributed by atoms with Gasteiger partial charge in [0.15, 0.2) is 5.75 Å². The summed E-state index contributed by atoms with van der Waals surface area (Å²) < 4.78 is 10.7. The van der Waals surface area contributed by atoms with Crippen molar-refractivity contribution < 1.29 is 19.2 Å². The van der Waals surface area contributed by atoms with Crippen molar-refractivity contribution >= 4 is 17.3 Å². The number of hydrogen-bond donors (Lipinski definition) is 0. The molecule has 0 unspecified atom stereocenters. The zero-order valence-corrected chi connectivity index (χ0v) is 16.0. The minimum atomic E-state index is -0.526. The molecular formula is C20H23N3O5. The standard InChI is InChI=1S/C20H23N3O5/c1-3-28-19-9-8-15(14-17(19)23(25)26)20(24)22-12-10-21(11-13-22)16-6-4-5-7-18(16)27-2/h4-9,14H,3,10-13H2,1-2H3. The maximum Gasteiger partial charge on any atom is 0.311 e. The third-order valence-electron chi connectivity index (χ3n) is 4.70. The lowest BCUT2D eigenvalue weighted by atomic mass is 10.1. The molecule has 1 fully saturated rings. The number of nitrogens with zero attached hydrogens (tertiary/aromatic N) is 3. The third kappa shape index (κ3) is 4.00. The molecule has 0 atom stereocenters. The first-order valence-electron chi connectivity index (χ1n) is 9.13. The molecule has 0 N–H and O–H groups in total. The molecule has 0 bridgehead atoms. The molecule has 0 saturated carbocycles. The lowest BCUT2D eigenvalue weighted by molar-refractivity contribution is -0.385. The van der Waals surface area contributed by atoms with Crippen LogP contribution in [0.25, 0.3) is 0 Å². The Labute approximate surface area is 163 Å². The lowest BCUT2D eigenvalue weighted by Gasteiger charge is -2.36. The molecule has 148 valence electrons. The van der Waals surface area contributed by atoms with Gasteiger partial charge in [-0.2, -0.15) is 0 Å². The summed E-state index contributed by atoms with van der Waals surface area (Å²) in [6.45, 7) is 4.44. The number of benzene rings is 2. The highest BCUT2D eigenvalue weighted by atomic mass is 16.6. The molecule has 3 rings (SSSR count). The van der Waals surface area contributed by atoms with Crippen LogP contribution in [0.1, 0.15) is 17.3 Å². The number of carbonyl (C=O) groups excluding carboxylic acids is 1. The van der Waals surface area contributed by atoms with Gasteiger partial charge in [0.25, 0.3) is 5.91 Å². The van der Waals surface area contributed by atoms with Crippen molar-refractivity contribution in [1.82, 2.24) is 4.90 Å².